The zero-order valence-corrected chi connectivity index (χ0v) is 9.88. The molecular formula is C13H14N2O2. The van der Waals surface area contributed by atoms with Gasteiger partial charge in [-0.3, -0.25) is 4.79 Å². The number of nitrogens with zero attached hydrogens (tertiary/aromatic N) is 2. The molecule has 0 N–H and O–H groups in total. The maximum absolute atomic E-state index is 10.8. The predicted molar refractivity (Wildman–Crippen MR) is 64.5 cm³/mol. The van der Waals surface area contributed by atoms with Crippen LogP contribution in [-0.2, 0) is 4.79 Å². The van der Waals surface area contributed by atoms with Crippen LogP contribution < -0.4 is 4.74 Å². The van der Waals surface area contributed by atoms with Crippen molar-refractivity contribution in [2.24, 2.45) is 0 Å². The van der Waals surface area contributed by atoms with E-state index in [1.165, 1.54) is 12.5 Å². The highest BCUT2D eigenvalue weighted by Gasteiger charge is 2.02. The fourth-order valence-electron chi connectivity index (χ4n) is 1.40. The Morgan fingerprint density at radius 3 is 2.71 bits per heavy atom. The molecule has 0 spiro atoms. The molecule has 0 unspecified atom stereocenters. The molecule has 0 aliphatic rings. The van der Waals surface area contributed by atoms with Crippen LogP contribution in [0.5, 0.6) is 5.75 Å². The average molecular weight is 230 g/mol. The Morgan fingerprint density at radius 1 is 1.35 bits per heavy atom. The molecule has 2 aromatic rings. The van der Waals surface area contributed by atoms with E-state index in [0.717, 1.165) is 5.69 Å². The van der Waals surface area contributed by atoms with E-state index < -0.39 is 0 Å². The molecule has 0 aliphatic heterocycles. The maximum atomic E-state index is 10.8. The zero-order chi connectivity index (χ0) is 12.3. The first-order valence-corrected chi connectivity index (χ1v) is 5.39. The molecule has 0 atom stereocenters. The van der Waals surface area contributed by atoms with Crippen molar-refractivity contribution in [3.05, 3.63) is 42.2 Å². The summed E-state index contributed by atoms with van der Waals surface area (Å²) in [6, 6.07) is 8.01. The van der Waals surface area contributed by atoms with Crippen molar-refractivity contribution >= 4 is 5.78 Å². The van der Waals surface area contributed by atoms with Gasteiger partial charge in [0.15, 0.2) is 11.5 Å². The van der Waals surface area contributed by atoms with Crippen molar-refractivity contribution in [1.82, 2.24) is 9.78 Å². The van der Waals surface area contributed by atoms with E-state index in [4.69, 9.17) is 4.74 Å². The summed E-state index contributed by atoms with van der Waals surface area (Å²) in [5.41, 5.74) is 2.17. The number of rotatable bonds is 4. The van der Waals surface area contributed by atoms with Gasteiger partial charge in [-0.2, -0.15) is 5.10 Å². The lowest BCUT2D eigenvalue weighted by Crippen LogP contribution is -2.05. The van der Waals surface area contributed by atoms with Crippen LogP contribution in [-0.4, -0.2) is 22.2 Å². The van der Waals surface area contributed by atoms with E-state index in [0.29, 0.717) is 5.75 Å². The second-order valence-electron chi connectivity index (χ2n) is 3.95. The van der Waals surface area contributed by atoms with Crippen molar-refractivity contribution in [3.63, 3.8) is 0 Å². The number of aromatic nitrogens is 2. The van der Waals surface area contributed by atoms with Gasteiger partial charge in [-0.1, -0.05) is 17.7 Å². The van der Waals surface area contributed by atoms with Gasteiger partial charge in [0, 0.05) is 0 Å². The molecule has 0 bridgehead atoms. The molecule has 0 saturated carbocycles. The molecule has 88 valence electrons. The summed E-state index contributed by atoms with van der Waals surface area (Å²) >= 11 is 0. The molecule has 0 amide bonds. The molecule has 0 aliphatic carbocycles. The number of aryl methyl sites for hydroxylation is 1. The van der Waals surface area contributed by atoms with Crippen LogP contribution in [0.3, 0.4) is 0 Å². The maximum Gasteiger partial charge on any atom is 0.167 e. The lowest BCUT2D eigenvalue weighted by atomic mass is 10.2. The van der Waals surface area contributed by atoms with E-state index in [1.807, 2.05) is 31.2 Å². The minimum atomic E-state index is -0.00640. The lowest BCUT2D eigenvalue weighted by Gasteiger charge is -2.01. The van der Waals surface area contributed by atoms with E-state index in [1.54, 1.807) is 17.1 Å². The van der Waals surface area contributed by atoms with Crippen molar-refractivity contribution in [3.8, 4) is 11.4 Å². The Balaban J connectivity index is 2.12. The number of benzene rings is 1. The molecule has 0 fully saturated rings. The number of ether oxygens (including phenoxy) is 1. The number of Topliss-reactive ketones (excluding diaryl/α,β-unsaturated/α-hetero) is 1. The summed E-state index contributed by atoms with van der Waals surface area (Å²) in [4.78, 5) is 10.8. The third-order valence-electron chi connectivity index (χ3n) is 2.30. The largest absolute Gasteiger partial charge is 0.483 e. The van der Waals surface area contributed by atoms with Crippen LogP contribution in [0.4, 0.5) is 0 Å². The van der Waals surface area contributed by atoms with Crippen LogP contribution >= 0.6 is 0 Å². The van der Waals surface area contributed by atoms with Crippen LogP contribution in [0.25, 0.3) is 5.69 Å². The molecule has 1 aromatic carbocycles. The Hall–Kier alpha value is -2.10. The molecule has 2 rings (SSSR count). The molecule has 4 nitrogen and oxygen atoms in total. The lowest BCUT2D eigenvalue weighted by molar-refractivity contribution is -0.118. The quantitative estimate of drug-likeness (QED) is 0.808. The van der Waals surface area contributed by atoms with Crippen molar-refractivity contribution in [2.45, 2.75) is 13.8 Å². The number of hydrogen-bond acceptors (Lipinski definition) is 3. The van der Waals surface area contributed by atoms with Crippen LogP contribution in [0.1, 0.15) is 12.5 Å². The first kappa shape index (κ1) is 11.4. The molecule has 17 heavy (non-hydrogen) atoms. The number of ketones is 1. The minimum absolute atomic E-state index is 0.00640. The van der Waals surface area contributed by atoms with E-state index >= 15 is 0 Å². The summed E-state index contributed by atoms with van der Waals surface area (Å²) in [5, 5.41) is 4.17. The van der Waals surface area contributed by atoms with E-state index in [-0.39, 0.29) is 12.4 Å². The monoisotopic (exact) mass is 230 g/mol. The predicted octanol–water partition coefficient (Wildman–Crippen LogP) is 2.15. The third kappa shape index (κ3) is 2.93. The Morgan fingerprint density at radius 2 is 2.06 bits per heavy atom. The highest BCUT2D eigenvalue weighted by atomic mass is 16.5. The van der Waals surface area contributed by atoms with Gasteiger partial charge >= 0.3 is 0 Å². The van der Waals surface area contributed by atoms with Crippen LogP contribution in [0, 0.1) is 6.92 Å². The summed E-state index contributed by atoms with van der Waals surface area (Å²) in [5.74, 6) is 0.592. The van der Waals surface area contributed by atoms with Crippen LogP contribution in [0.15, 0.2) is 36.7 Å². The zero-order valence-electron chi connectivity index (χ0n) is 9.88. The van der Waals surface area contributed by atoms with Gasteiger partial charge in [0.2, 0.25) is 0 Å². The Kier molecular flexibility index (Phi) is 3.23. The molecule has 0 radical (unpaired) electrons. The molecular weight excluding hydrogens is 216 g/mol. The Bertz CT molecular complexity index is 514. The van der Waals surface area contributed by atoms with Gasteiger partial charge < -0.3 is 4.74 Å². The van der Waals surface area contributed by atoms with Crippen molar-refractivity contribution in [2.75, 3.05) is 6.61 Å². The van der Waals surface area contributed by atoms with Gasteiger partial charge in [0.25, 0.3) is 0 Å². The normalized spacial score (nSPS) is 10.2. The average Bonchev–Trinajstić information content (AvgIpc) is 2.76. The summed E-state index contributed by atoms with van der Waals surface area (Å²) in [7, 11) is 0. The summed E-state index contributed by atoms with van der Waals surface area (Å²) < 4.78 is 6.98. The topological polar surface area (TPSA) is 44.1 Å². The second-order valence-corrected chi connectivity index (χ2v) is 3.95. The van der Waals surface area contributed by atoms with Gasteiger partial charge in [0.05, 0.1) is 18.1 Å². The second kappa shape index (κ2) is 4.82. The number of hydrogen-bond donors (Lipinski definition) is 0. The highest BCUT2D eigenvalue weighted by Crippen LogP contribution is 2.14. The molecule has 1 heterocycles. The first-order chi connectivity index (χ1) is 8.15. The SMILES string of the molecule is CC(=O)COc1cnn(-c2ccc(C)cc2)c1. The molecule has 1 aromatic heterocycles. The van der Waals surface area contributed by atoms with Gasteiger partial charge in [0.1, 0.15) is 6.61 Å². The molecule has 0 saturated heterocycles. The van der Waals surface area contributed by atoms with E-state index in [2.05, 4.69) is 5.10 Å². The van der Waals surface area contributed by atoms with Gasteiger partial charge in [-0.05, 0) is 26.0 Å². The molecule has 4 heteroatoms. The summed E-state index contributed by atoms with van der Waals surface area (Å²) in [6.07, 6.45) is 3.36. The fourth-order valence-corrected chi connectivity index (χ4v) is 1.40. The number of carbonyl (C=O) groups excluding carboxylic acids is 1. The van der Waals surface area contributed by atoms with Gasteiger partial charge in [-0.25, -0.2) is 4.68 Å². The standard InChI is InChI=1S/C13H14N2O2/c1-10-3-5-12(6-4-10)15-8-13(7-14-15)17-9-11(2)16/h3-8H,9H2,1-2H3. The van der Waals surface area contributed by atoms with Gasteiger partial charge in [-0.15, -0.1) is 0 Å². The summed E-state index contributed by atoms with van der Waals surface area (Å²) in [6.45, 7) is 3.61. The first-order valence-electron chi connectivity index (χ1n) is 5.39. The van der Waals surface area contributed by atoms with E-state index in [9.17, 15) is 4.79 Å². The van der Waals surface area contributed by atoms with Crippen molar-refractivity contribution < 1.29 is 9.53 Å². The Labute approximate surface area is 99.8 Å². The number of carbonyl (C=O) groups is 1. The fraction of sp³-hybridized carbons (Fsp3) is 0.231. The van der Waals surface area contributed by atoms with Crippen molar-refractivity contribution in [1.29, 1.82) is 0 Å². The smallest absolute Gasteiger partial charge is 0.167 e. The third-order valence-corrected chi connectivity index (χ3v) is 2.30. The minimum Gasteiger partial charge on any atom is -0.483 e. The van der Waals surface area contributed by atoms with Crippen LogP contribution in [0.2, 0.25) is 0 Å². The highest BCUT2D eigenvalue weighted by molar-refractivity contribution is 5.77.